The fraction of sp³-hybridized carbons (Fsp3) is 0.414. The maximum Gasteiger partial charge on any atom is 0.240 e. The van der Waals surface area contributed by atoms with Crippen LogP contribution in [0.2, 0.25) is 0 Å². The molecule has 0 unspecified atom stereocenters. The van der Waals surface area contributed by atoms with Crippen LogP contribution in [-0.4, -0.2) is 72.8 Å². The average molecular weight is 568 g/mol. The Morgan fingerprint density at radius 1 is 1.15 bits per heavy atom. The highest BCUT2D eigenvalue weighted by atomic mass is 32.2. The van der Waals surface area contributed by atoms with Gasteiger partial charge in [-0.25, -0.2) is 9.07 Å². The lowest BCUT2D eigenvalue weighted by atomic mass is 9.87. The Morgan fingerprint density at radius 2 is 1.88 bits per heavy atom. The molecule has 0 radical (unpaired) electrons. The number of anilines is 1. The van der Waals surface area contributed by atoms with Crippen molar-refractivity contribution in [1.29, 1.82) is 0 Å². The van der Waals surface area contributed by atoms with E-state index in [9.17, 15) is 14.0 Å². The van der Waals surface area contributed by atoms with E-state index in [-0.39, 0.29) is 42.0 Å². The molecule has 3 aromatic rings. The van der Waals surface area contributed by atoms with E-state index in [1.54, 1.807) is 16.8 Å². The van der Waals surface area contributed by atoms with E-state index in [1.807, 2.05) is 37.2 Å². The summed E-state index contributed by atoms with van der Waals surface area (Å²) in [6, 6.07) is 11.8. The SMILES string of the molecule is CN(C)CCNC(=O)CN1C(=O)CS[C@H](c2ccc3c(c2)OCO3)c2c(C(C)(C)C)nn(-c3ccc(F)cc3)c21. The first-order valence-corrected chi connectivity index (χ1v) is 14.2. The molecule has 0 spiro atoms. The number of thioether (sulfide) groups is 1. The fourth-order valence-electron chi connectivity index (χ4n) is 4.79. The van der Waals surface area contributed by atoms with Crippen molar-refractivity contribution >= 4 is 29.4 Å². The van der Waals surface area contributed by atoms with Crippen molar-refractivity contribution in [2.75, 3.05) is 51.2 Å². The third kappa shape index (κ3) is 5.66. The number of carbonyl (C=O) groups is 2. The highest BCUT2D eigenvalue weighted by molar-refractivity contribution is 8.00. The van der Waals surface area contributed by atoms with Crippen LogP contribution in [0.15, 0.2) is 42.5 Å². The fourth-order valence-corrected chi connectivity index (χ4v) is 5.98. The molecule has 1 aromatic heterocycles. The van der Waals surface area contributed by atoms with Gasteiger partial charge in [-0.05, 0) is 56.1 Å². The Balaban J connectivity index is 1.68. The zero-order valence-electron chi connectivity index (χ0n) is 23.4. The maximum atomic E-state index is 13.9. The lowest BCUT2D eigenvalue weighted by molar-refractivity contribution is -0.122. The average Bonchev–Trinajstić information content (AvgIpc) is 3.49. The first-order valence-electron chi connectivity index (χ1n) is 13.1. The van der Waals surface area contributed by atoms with Crippen molar-refractivity contribution in [1.82, 2.24) is 20.0 Å². The molecule has 9 nitrogen and oxygen atoms in total. The van der Waals surface area contributed by atoms with Gasteiger partial charge in [0.15, 0.2) is 11.5 Å². The molecule has 0 bridgehead atoms. The van der Waals surface area contributed by atoms with Gasteiger partial charge in [0.1, 0.15) is 18.2 Å². The number of ether oxygens (including phenoxy) is 2. The van der Waals surface area contributed by atoms with E-state index in [0.29, 0.717) is 36.1 Å². The Labute approximate surface area is 237 Å². The molecule has 1 N–H and O–H groups in total. The molecular weight excluding hydrogens is 533 g/mol. The van der Waals surface area contributed by atoms with Gasteiger partial charge < -0.3 is 19.7 Å². The molecule has 0 aliphatic carbocycles. The predicted octanol–water partition coefficient (Wildman–Crippen LogP) is 3.88. The number of likely N-dealkylation sites (N-methyl/N-ethyl adjacent to an activating group) is 1. The van der Waals surface area contributed by atoms with Crippen LogP contribution in [0.25, 0.3) is 5.69 Å². The van der Waals surface area contributed by atoms with E-state index in [1.165, 1.54) is 28.8 Å². The molecule has 2 aliphatic heterocycles. The van der Waals surface area contributed by atoms with Gasteiger partial charge in [0, 0.05) is 24.1 Å². The maximum absolute atomic E-state index is 13.9. The summed E-state index contributed by atoms with van der Waals surface area (Å²) in [7, 11) is 3.86. The monoisotopic (exact) mass is 567 g/mol. The van der Waals surface area contributed by atoms with Crippen LogP contribution in [-0.2, 0) is 15.0 Å². The largest absolute Gasteiger partial charge is 0.454 e. The number of benzene rings is 2. The van der Waals surface area contributed by atoms with Crippen molar-refractivity contribution in [2.24, 2.45) is 0 Å². The van der Waals surface area contributed by atoms with Crippen LogP contribution < -0.4 is 19.7 Å². The molecule has 2 aliphatic rings. The first-order chi connectivity index (χ1) is 19.0. The quantitative estimate of drug-likeness (QED) is 0.464. The molecular formula is C29H34FN5O4S. The molecule has 1 atom stereocenters. The number of nitrogens with zero attached hydrogens (tertiary/aromatic N) is 4. The first kappa shape index (κ1) is 28.0. The zero-order chi connectivity index (χ0) is 28.6. The molecule has 0 fully saturated rings. The molecule has 40 heavy (non-hydrogen) atoms. The number of hydrogen-bond acceptors (Lipinski definition) is 7. The molecule has 2 aromatic carbocycles. The summed E-state index contributed by atoms with van der Waals surface area (Å²) in [5.74, 6) is 1.14. The standard InChI is InChI=1S/C29H34FN5O4S/c1-29(2,3)27-25-26(18-6-11-21-22(14-18)39-17-38-21)40-16-24(37)34(15-23(36)31-12-13-33(4)5)28(25)35(32-27)20-9-7-19(30)8-10-20/h6-11,14,26H,12-13,15-17H2,1-5H3,(H,31,36)/t26-/m1/s1. The number of amides is 2. The Kier molecular flexibility index (Phi) is 7.78. The minimum atomic E-state index is -0.405. The minimum absolute atomic E-state index is 0.158. The second kappa shape index (κ2) is 11.1. The van der Waals surface area contributed by atoms with Crippen LogP contribution in [0.3, 0.4) is 0 Å². The molecule has 5 rings (SSSR count). The number of rotatable bonds is 7. The van der Waals surface area contributed by atoms with Crippen molar-refractivity contribution in [3.05, 3.63) is 65.1 Å². The minimum Gasteiger partial charge on any atom is -0.454 e. The van der Waals surface area contributed by atoms with Gasteiger partial charge in [-0.1, -0.05) is 26.8 Å². The lowest BCUT2D eigenvalue weighted by Gasteiger charge is -2.24. The topological polar surface area (TPSA) is 88.9 Å². The Morgan fingerprint density at radius 3 is 2.58 bits per heavy atom. The molecule has 212 valence electrons. The summed E-state index contributed by atoms with van der Waals surface area (Å²) in [5.41, 5.74) is 2.75. The number of aromatic nitrogens is 2. The third-order valence-electron chi connectivity index (χ3n) is 6.75. The number of carbonyl (C=O) groups excluding carboxylic acids is 2. The Hall–Kier alpha value is -3.57. The van der Waals surface area contributed by atoms with Gasteiger partial charge in [0.05, 0.1) is 22.4 Å². The summed E-state index contributed by atoms with van der Waals surface area (Å²) in [6.45, 7) is 7.33. The smallest absolute Gasteiger partial charge is 0.240 e. The van der Waals surface area contributed by atoms with Crippen LogP contribution in [0, 0.1) is 5.82 Å². The van der Waals surface area contributed by atoms with Crippen molar-refractivity contribution in [2.45, 2.75) is 31.4 Å². The van der Waals surface area contributed by atoms with Gasteiger partial charge in [-0.2, -0.15) is 5.10 Å². The van der Waals surface area contributed by atoms with Crippen molar-refractivity contribution in [3.63, 3.8) is 0 Å². The molecule has 3 heterocycles. The zero-order valence-corrected chi connectivity index (χ0v) is 24.2. The van der Waals surface area contributed by atoms with Crippen LogP contribution in [0.4, 0.5) is 10.2 Å². The van der Waals surface area contributed by atoms with Crippen LogP contribution >= 0.6 is 11.8 Å². The highest BCUT2D eigenvalue weighted by Gasteiger charge is 2.40. The lowest BCUT2D eigenvalue weighted by Crippen LogP contribution is -2.43. The van der Waals surface area contributed by atoms with E-state index < -0.39 is 5.41 Å². The second-order valence-electron chi connectivity index (χ2n) is 11.2. The van der Waals surface area contributed by atoms with Gasteiger partial charge in [0.25, 0.3) is 0 Å². The van der Waals surface area contributed by atoms with Crippen molar-refractivity contribution < 1.29 is 23.5 Å². The third-order valence-corrected chi connectivity index (χ3v) is 8.01. The van der Waals surface area contributed by atoms with Gasteiger partial charge >= 0.3 is 0 Å². The number of fused-ring (bicyclic) bond motifs is 2. The van der Waals surface area contributed by atoms with E-state index >= 15 is 0 Å². The molecule has 11 heteroatoms. The van der Waals surface area contributed by atoms with E-state index in [2.05, 4.69) is 26.1 Å². The highest BCUT2D eigenvalue weighted by Crippen LogP contribution is 2.49. The number of nitrogens with one attached hydrogen (secondary N) is 1. The summed E-state index contributed by atoms with van der Waals surface area (Å²) in [4.78, 5) is 30.3. The number of hydrogen-bond donors (Lipinski definition) is 1. The summed E-state index contributed by atoms with van der Waals surface area (Å²) < 4.78 is 26.8. The van der Waals surface area contributed by atoms with E-state index in [4.69, 9.17) is 14.6 Å². The van der Waals surface area contributed by atoms with Crippen LogP contribution in [0.1, 0.15) is 42.8 Å². The summed E-state index contributed by atoms with van der Waals surface area (Å²) in [5, 5.41) is 7.66. The molecule has 0 saturated heterocycles. The van der Waals surface area contributed by atoms with Gasteiger partial charge in [0.2, 0.25) is 18.6 Å². The predicted molar refractivity (Wildman–Crippen MR) is 153 cm³/mol. The Bertz CT molecular complexity index is 1420. The normalized spacial score (nSPS) is 16.7. The summed E-state index contributed by atoms with van der Waals surface area (Å²) >= 11 is 1.49. The molecule has 0 saturated carbocycles. The molecule has 2 amide bonds. The van der Waals surface area contributed by atoms with Crippen molar-refractivity contribution in [3.8, 4) is 17.2 Å². The van der Waals surface area contributed by atoms with Gasteiger partial charge in [-0.3, -0.25) is 14.5 Å². The second-order valence-corrected chi connectivity index (χ2v) is 12.3. The number of halogens is 1. The van der Waals surface area contributed by atoms with Gasteiger partial charge in [-0.15, -0.1) is 11.8 Å². The van der Waals surface area contributed by atoms with Crippen LogP contribution in [0.5, 0.6) is 11.5 Å². The summed E-state index contributed by atoms with van der Waals surface area (Å²) in [6.07, 6.45) is 0. The van der Waals surface area contributed by atoms with E-state index in [0.717, 1.165) is 16.8 Å².